The number of sulfonamides is 1. The molecule has 0 aliphatic rings. The van der Waals surface area contributed by atoms with Gasteiger partial charge < -0.3 is 9.47 Å². The molecule has 0 radical (unpaired) electrons. The Labute approximate surface area is 130 Å². The number of imidazole rings is 1. The highest BCUT2D eigenvalue weighted by molar-refractivity contribution is 7.89. The van der Waals surface area contributed by atoms with Gasteiger partial charge in [-0.3, -0.25) is 0 Å². The largest absolute Gasteiger partial charge is 0.363 e. The zero-order valence-electron chi connectivity index (χ0n) is 13.1. The molecule has 0 aliphatic carbocycles. The monoisotopic (exact) mass is 324 g/mol. The highest BCUT2D eigenvalue weighted by Gasteiger charge is 2.18. The lowest BCUT2D eigenvalue weighted by Crippen LogP contribution is -2.25. The number of rotatable bonds is 6. The van der Waals surface area contributed by atoms with Crippen LogP contribution in [0.15, 0.2) is 29.8 Å². The molecule has 0 aliphatic heterocycles. The van der Waals surface area contributed by atoms with Crippen LogP contribution in [0.3, 0.4) is 0 Å². The lowest BCUT2D eigenvalue weighted by Gasteiger charge is -2.11. The fourth-order valence-corrected chi connectivity index (χ4v) is 2.61. The van der Waals surface area contributed by atoms with Crippen molar-refractivity contribution in [3.8, 4) is 0 Å². The number of hydrogen-bond donors (Lipinski definition) is 1. The fourth-order valence-electron chi connectivity index (χ4n) is 1.70. The number of nitrogens with zero attached hydrogens (tertiary/aromatic N) is 5. The minimum absolute atomic E-state index is 0.00929. The van der Waals surface area contributed by atoms with Gasteiger partial charge in [0.15, 0.2) is 5.03 Å². The Balaban J connectivity index is 2.10. The van der Waals surface area contributed by atoms with Crippen molar-refractivity contribution in [1.29, 1.82) is 0 Å². The first kappa shape index (κ1) is 16.4. The molecule has 0 atom stereocenters. The van der Waals surface area contributed by atoms with Gasteiger partial charge >= 0.3 is 0 Å². The van der Waals surface area contributed by atoms with Gasteiger partial charge in [0, 0.05) is 32.5 Å². The maximum atomic E-state index is 12.2. The molecule has 2 aromatic heterocycles. The molecule has 0 amide bonds. The molecule has 120 valence electrons. The van der Waals surface area contributed by atoms with Gasteiger partial charge in [0.1, 0.15) is 11.6 Å². The van der Waals surface area contributed by atoms with Crippen molar-refractivity contribution in [2.24, 2.45) is 0 Å². The maximum absolute atomic E-state index is 12.2. The van der Waals surface area contributed by atoms with E-state index in [1.807, 2.05) is 32.8 Å². The third kappa shape index (κ3) is 3.80. The van der Waals surface area contributed by atoms with E-state index in [4.69, 9.17) is 0 Å². The van der Waals surface area contributed by atoms with Crippen LogP contribution in [0.4, 0.5) is 5.82 Å². The zero-order valence-corrected chi connectivity index (χ0v) is 13.9. The minimum Gasteiger partial charge on any atom is -0.363 e. The van der Waals surface area contributed by atoms with E-state index in [0.717, 1.165) is 0 Å². The Morgan fingerprint density at radius 3 is 2.64 bits per heavy atom. The molecule has 8 nitrogen and oxygen atoms in total. The topological polar surface area (TPSA) is 93.0 Å². The molecule has 0 bridgehead atoms. The average molecular weight is 324 g/mol. The summed E-state index contributed by atoms with van der Waals surface area (Å²) in [5.41, 5.74) is 0. The van der Waals surface area contributed by atoms with Crippen LogP contribution in [0.25, 0.3) is 0 Å². The number of anilines is 1. The Kier molecular flexibility index (Phi) is 4.77. The molecule has 0 unspecified atom stereocenters. The summed E-state index contributed by atoms with van der Waals surface area (Å²) in [6.07, 6.45) is 4.60. The lowest BCUT2D eigenvalue weighted by atomic mass is 10.4. The maximum Gasteiger partial charge on any atom is 0.259 e. The predicted octanol–water partition coefficient (Wildman–Crippen LogP) is 0.798. The van der Waals surface area contributed by atoms with Gasteiger partial charge in [0.2, 0.25) is 0 Å². The van der Waals surface area contributed by atoms with Crippen molar-refractivity contribution in [2.45, 2.75) is 31.5 Å². The van der Waals surface area contributed by atoms with Gasteiger partial charge in [-0.15, -0.1) is 0 Å². The van der Waals surface area contributed by atoms with Crippen LogP contribution in [0, 0.1) is 0 Å². The Hall–Kier alpha value is -2.00. The summed E-state index contributed by atoms with van der Waals surface area (Å²) in [6.45, 7) is 3.91. The van der Waals surface area contributed by atoms with Gasteiger partial charge in [0.05, 0.1) is 12.9 Å². The zero-order chi connectivity index (χ0) is 16.3. The lowest BCUT2D eigenvalue weighted by molar-refractivity contribution is 0.574. The highest BCUT2D eigenvalue weighted by Crippen LogP contribution is 2.11. The summed E-state index contributed by atoms with van der Waals surface area (Å²) in [5.74, 6) is 1.12. The minimum atomic E-state index is -3.68. The van der Waals surface area contributed by atoms with Gasteiger partial charge in [-0.25, -0.2) is 28.1 Å². The van der Waals surface area contributed by atoms with E-state index >= 15 is 0 Å². The van der Waals surface area contributed by atoms with Crippen LogP contribution < -0.4 is 9.62 Å². The molecular weight excluding hydrogens is 304 g/mol. The average Bonchev–Trinajstić information content (AvgIpc) is 2.96. The normalized spacial score (nSPS) is 11.9. The highest BCUT2D eigenvalue weighted by atomic mass is 32.2. The first-order chi connectivity index (χ1) is 10.3. The van der Waals surface area contributed by atoms with Crippen LogP contribution in [0.2, 0.25) is 0 Å². The van der Waals surface area contributed by atoms with E-state index in [-0.39, 0.29) is 17.6 Å². The van der Waals surface area contributed by atoms with Crippen molar-refractivity contribution < 1.29 is 8.42 Å². The molecule has 0 fully saturated rings. The van der Waals surface area contributed by atoms with E-state index in [2.05, 4.69) is 19.7 Å². The van der Waals surface area contributed by atoms with Crippen molar-refractivity contribution in [2.75, 3.05) is 19.0 Å². The first-order valence-electron chi connectivity index (χ1n) is 6.82. The standard InChI is InChI=1S/C13H20N6O2S/c1-10(2)19-8-13(15-9-19)22(20,21)16-7-11-14-6-5-12(17-11)18(3)4/h5-6,8-10,16H,7H2,1-4H3. The molecule has 0 spiro atoms. The quantitative estimate of drug-likeness (QED) is 0.845. The smallest absolute Gasteiger partial charge is 0.259 e. The summed E-state index contributed by atoms with van der Waals surface area (Å²) in [7, 11) is 0.0322. The predicted molar refractivity (Wildman–Crippen MR) is 83.0 cm³/mol. The van der Waals surface area contributed by atoms with Gasteiger partial charge in [-0.2, -0.15) is 0 Å². The van der Waals surface area contributed by atoms with Crippen LogP contribution in [0.5, 0.6) is 0 Å². The summed E-state index contributed by atoms with van der Waals surface area (Å²) in [6, 6.07) is 1.90. The Bertz CT molecular complexity index is 738. The van der Waals surface area contributed by atoms with E-state index < -0.39 is 10.0 Å². The Morgan fingerprint density at radius 2 is 2.05 bits per heavy atom. The molecule has 0 saturated heterocycles. The van der Waals surface area contributed by atoms with Crippen LogP contribution >= 0.6 is 0 Å². The van der Waals surface area contributed by atoms with E-state index in [1.165, 1.54) is 12.5 Å². The van der Waals surface area contributed by atoms with Crippen molar-refractivity contribution in [3.05, 3.63) is 30.6 Å². The third-order valence-corrected chi connectivity index (χ3v) is 4.30. The number of hydrogen-bond acceptors (Lipinski definition) is 6. The van der Waals surface area contributed by atoms with E-state index in [1.54, 1.807) is 16.8 Å². The molecule has 2 heterocycles. The van der Waals surface area contributed by atoms with Crippen LogP contribution in [-0.2, 0) is 16.6 Å². The molecule has 2 aromatic rings. The second-order valence-corrected chi connectivity index (χ2v) is 7.02. The number of nitrogens with one attached hydrogen (secondary N) is 1. The number of aromatic nitrogens is 4. The van der Waals surface area contributed by atoms with Crippen molar-refractivity contribution >= 4 is 15.8 Å². The van der Waals surface area contributed by atoms with Gasteiger partial charge in [-0.1, -0.05) is 0 Å². The Morgan fingerprint density at radius 1 is 1.32 bits per heavy atom. The van der Waals surface area contributed by atoms with Crippen LogP contribution in [0.1, 0.15) is 25.7 Å². The first-order valence-corrected chi connectivity index (χ1v) is 8.30. The van der Waals surface area contributed by atoms with Gasteiger partial charge in [0.25, 0.3) is 10.0 Å². The van der Waals surface area contributed by atoms with Gasteiger partial charge in [-0.05, 0) is 19.9 Å². The molecule has 2 rings (SSSR count). The molecule has 9 heteroatoms. The fraction of sp³-hybridized carbons (Fsp3) is 0.462. The summed E-state index contributed by atoms with van der Waals surface area (Å²) in [5, 5.41) is -0.00929. The second kappa shape index (κ2) is 6.41. The summed E-state index contributed by atoms with van der Waals surface area (Å²) < 4.78 is 28.6. The SMILES string of the molecule is CC(C)n1cnc(S(=O)(=O)NCc2nccc(N(C)C)n2)c1. The van der Waals surface area contributed by atoms with Crippen molar-refractivity contribution in [3.63, 3.8) is 0 Å². The molecule has 22 heavy (non-hydrogen) atoms. The van der Waals surface area contributed by atoms with E-state index in [9.17, 15) is 8.42 Å². The second-order valence-electron chi connectivity index (χ2n) is 5.30. The summed E-state index contributed by atoms with van der Waals surface area (Å²) in [4.78, 5) is 14.1. The molecule has 0 aromatic carbocycles. The molecule has 1 N–H and O–H groups in total. The molecule has 0 saturated carbocycles. The van der Waals surface area contributed by atoms with E-state index in [0.29, 0.717) is 11.6 Å². The third-order valence-electron chi connectivity index (χ3n) is 3.02. The molecular formula is C13H20N6O2S. The van der Waals surface area contributed by atoms with Crippen molar-refractivity contribution in [1.82, 2.24) is 24.2 Å². The van der Waals surface area contributed by atoms with Crippen LogP contribution in [-0.4, -0.2) is 42.0 Å². The summed E-state index contributed by atoms with van der Waals surface area (Å²) >= 11 is 0.